The van der Waals surface area contributed by atoms with Gasteiger partial charge in [0.25, 0.3) is 6.43 Å². The Bertz CT molecular complexity index is 592. The number of alkyl halides is 2. The molecule has 0 radical (unpaired) electrons. The van der Waals surface area contributed by atoms with Gasteiger partial charge in [0.15, 0.2) is 0 Å². The summed E-state index contributed by atoms with van der Waals surface area (Å²) in [5, 5.41) is 0. The Kier molecular flexibility index (Phi) is 3.71. The first kappa shape index (κ1) is 15.4. The smallest absolute Gasteiger partial charge is 0.263 e. The second-order valence-electron chi connectivity index (χ2n) is 6.65. The zero-order chi connectivity index (χ0) is 16.1. The molecule has 3 nitrogen and oxygen atoms in total. The number of amides is 1. The molecule has 1 spiro atoms. The van der Waals surface area contributed by atoms with Gasteiger partial charge in [-0.15, -0.1) is 0 Å². The molecule has 0 saturated carbocycles. The maximum atomic E-state index is 13.0. The predicted octanol–water partition coefficient (Wildman–Crippen LogP) is 3.34. The molecule has 1 aromatic carbocycles. The van der Waals surface area contributed by atoms with Crippen molar-refractivity contribution in [3.63, 3.8) is 0 Å². The van der Waals surface area contributed by atoms with Crippen LogP contribution in [0.2, 0.25) is 0 Å². The third-order valence-corrected chi connectivity index (χ3v) is 5.25. The number of halogens is 2. The van der Waals surface area contributed by atoms with Gasteiger partial charge in [-0.1, -0.05) is 6.07 Å². The van der Waals surface area contributed by atoms with E-state index >= 15 is 0 Å². The number of benzene rings is 1. The summed E-state index contributed by atoms with van der Waals surface area (Å²) < 4.78 is 26.1. The summed E-state index contributed by atoms with van der Waals surface area (Å²) in [5.41, 5.74) is 0.974. The largest absolute Gasteiger partial charge is 0.314 e. The highest BCUT2D eigenvalue weighted by atomic mass is 19.3. The molecule has 1 fully saturated rings. The minimum atomic E-state index is -2.50. The standard InChI is InChI=1S/C17H22F2N2O/c1-11(2)21-8-6-17(7-9-21)13-10-12(15(18)19)4-5-14(13)20(3)16(17)22/h4-5,10-11,15H,6-9H2,1-3H3. The quantitative estimate of drug-likeness (QED) is 0.836. The van der Waals surface area contributed by atoms with Gasteiger partial charge >= 0.3 is 0 Å². The van der Waals surface area contributed by atoms with Gasteiger partial charge in [0.2, 0.25) is 5.91 Å². The van der Waals surface area contributed by atoms with Crippen molar-refractivity contribution >= 4 is 11.6 Å². The molecule has 1 amide bonds. The molecular weight excluding hydrogens is 286 g/mol. The number of carbonyl (C=O) groups is 1. The molecule has 0 aliphatic carbocycles. The van der Waals surface area contributed by atoms with E-state index in [0.717, 1.165) is 24.3 Å². The van der Waals surface area contributed by atoms with E-state index in [9.17, 15) is 13.6 Å². The first-order valence-corrected chi connectivity index (χ1v) is 7.81. The zero-order valence-corrected chi connectivity index (χ0v) is 13.3. The Hall–Kier alpha value is -1.49. The van der Waals surface area contributed by atoms with Gasteiger partial charge in [0.1, 0.15) is 0 Å². The lowest BCUT2D eigenvalue weighted by Crippen LogP contribution is -2.49. The van der Waals surface area contributed by atoms with Gasteiger partial charge in [-0.2, -0.15) is 0 Å². The lowest BCUT2D eigenvalue weighted by atomic mass is 9.73. The fraction of sp³-hybridized carbons (Fsp3) is 0.588. The molecule has 0 atom stereocenters. The third-order valence-electron chi connectivity index (χ3n) is 5.25. The van der Waals surface area contributed by atoms with Gasteiger partial charge in [-0.3, -0.25) is 4.79 Å². The highest BCUT2D eigenvalue weighted by molar-refractivity contribution is 6.07. The van der Waals surface area contributed by atoms with E-state index in [1.165, 1.54) is 6.07 Å². The van der Waals surface area contributed by atoms with Crippen LogP contribution in [-0.4, -0.2) is 37.0 Å². The summed E-state index contributed by atoms with van der Waals surface area (Å²) in [6.45, 7) is 5.94. The Labute approximate surface area is 129 Å². The Balaban J connectivity index is 2.00. The number of piperidine rings is 1. The molecule has 2 aliphatic heterocycles. The van der Waals surface area contributed by atoms with Crippen LogP contribution in [0.1, 0.15) is 44.2 Å². The minimum Gasteiger partial charge on any atom is -0.314 e. The van der Waals surface area contributed by atoms with E-state index in [1.54, 1.807) is 24.1 Å². The number of rotatable bonds is 2. The number of fused-ring (bicyclic) bond motifs is 2. The maximum Gasteiger partial charge on any atom is 0.263 e. The fourth-order valence-electron chi connectivity index (χ4n) is 3.82. The molecule has 2 aliphatic rings. The summed E-state index contributed by atoms with van der Waals surface area (Å²) >= 11 is 0. The van der Waals surface area contributed by atoms with Crippen LogP contribution < -0.4 is 4.90 Å². The van der Waals surface area contributed by atoms with E-state index in [-0.39, 0.29) is 11.5 Å². The summed E-state index contributed by atoms with van der Waals surface area (Å²) in [5.74, 6) is 0.0531. The molecule has 0 aromatic heterocycles. The maximum absolute atomic E-state index is 13.0. The number of hydrogen-bond acceptors (Lipinski definition) is 2. The van der Waals surface area contributed by atoms with Gasteiger partial charge in [0, 0.05) is 24.3 Å². The van der Waals surface area contributed by atoms with Crippen LogP contribution >= 0.6 is 0 Å². The first-order valence-electron chi connectivity index (χ1n) is 7.81. The molecule has 3 rings (SSSR count). The molecule has 120 valence electrons. The van der Waals surface area contributed by atoms with E-state index in [1.807, 2.05) is 0 Å². The summed E-state index contributed by atoms with van der Waals surface area (Å²) in [6.07, 6.45) is -1.10. The zero-order valence-electron chi connectivity index (χ0n) is 13.3. The van der Waals surface area contributed by atoms with Crippen LogP contribution in [0.3, 0.4) is 0 Å². The topological polar surface area (TPSA) is 23.6 Å². The Morgan fingerprint density at radius 1 is 1.18 bits per heavy atom. The number of nitrogens with zero attached hydrogens (tertiary/aromatic N) is 2. The average Bonchev–Trinajstić information content (AvgIpc) is 2.70. The lowest BCUT2D eigenvalue weighted by molar-refractivity contribution is -0.124. The van der Waals surface area contributed by atoms with E-state index < -0.39 is 11.8 Å². The predicted molar refractivity (Wildman–Crippen MR) is 82.4 cm³/mol. The first-order chi connectivity index (χ1) is 10.4. The van der Waals surface area contributed by atoms with Crippen molar-refractivity contribution in [1.82, 2.24) is 4.90 Å². The van der Waals surface area contributed by atoms with Crippen LogP contribution in [-0.2, 0) is 10.2 Å². The number of anilines is 1. The Morgan fingerprint density at radius 2 is 1.82 bits per heavy atom. The van der Waals surface area contributed by atoms with Gasteiger partial charge in [-0.05, 0) is 57.5 Å². The number of carbonyl (C=O) groups excluding carboxylic acids is 1. The van der Waals surface area contributed by atoms with Crippen molar-refractivity contribution in [2.75, 3.05) is 25.0 Å². The van der Waals surface area contributed by atoms with Crippen molar-refractivity contribution in [2.24, 2.45) is 0 Å². The molecule has 0 N–H and O–H groups in total. The SMILES string of the molecule is CC(C)N1CCC2(CC1)C(=O)N(C)c1ccc(C(F)F)cc12. The van der Waals surface area contributed by atoms with Crippen LogP contribution in [0.5, 0.6) is 0 Å². The average molecular weight is 308 g/mol. The van der Waals surface area contributed by atoms with Gasteiger partial charge in [0.05, 0.1) is 5.41 Å². The second kappa shape index (κ2) is 5.30. The number of hydrogen-bond donors (Lipinski definition) is 0. The highest BCUT2D eigenvalue weighted by Crippen LogP contribution is 2.48. The van der Waals surface area contributed by atoms with Crippen molar-refractivity contribution in [3.8, 4) is 0 Å². The summed E-state index contributed by atoms with van der Waals surface area (Å²) in [6, 6.07) is 5.08. The molecule has 1 saturated heterocycles. The molecule has 1 aromatic rings. The molecule has 22 heavy (non-hydrogen) atoms. The van der Waals surface area contributed by atoms with Crippen LogP contribution in [0.15, 0.2) is 18.2 Å². The summed E-state index contributed by atoms with van der Waals surface area (Å²) in [7, 11) is 1.74. The van der Waals surface area contributed by atoms with Gasteiger partial charge < -0.3 is 9.80 Å². The Morgan fingerprint density at radius 3 is 2.36 bits per heavy atom. The van der Waals surface area contributed by atoms with Crippen LogP contribution in [0.25, 0.3) is 0 Å². The van der Waals surface area contributed by atoms with Crippen molar-refractivity contribution in [2.45, 2.75) is 44.6 Å². The number of likely N-dealkylation sites (N-methyl/N-ethyl adjacent to an activating group) is 1. The second-order valence-corrected chi connectivity index (χ2v) is 6.65. The van der Waals surface area contributed by atoms with Gasteiger partial charge in [-0.25, -0.2) is 8.78 Å². The van der Waals surface area contributed by atoms with E-state index in [2.05, 4.69) is 18.7 Å². The minimum absolute atomic E-state index is 0.00696. The number of likely N-dealkylation sites (tertiary alicyclic amines) is 1. The normalized spacial score (nSPS) is 21.2. The molecule has 2 heterocycles. The van der Waals surface area contributed by atoms with Crippen molar-refractivity contribution in [3.05, 3.63) is 29.3 Å². The molecule has 0 unspecified atom stereocenters. The highest BCUT2D eigenvalue weighted by Gasteiger charge is 2.51. The van der Waals surface area contributed by atoms with Crippen molar-refractivity contribution < 1.29 is 13.6 Å². The molecule has 0 bridgehead atoms. The summed E-state index contributed by atoms with van der Waals surface area (Å²) in [4.78, 5) is 16.8. The molecule has 5 heteroatoms. The fourth-order valence-corrected chi connectivity index (χ4v) is 3.82. The lowest BCUT2D eigenvalue weighted by Gasteiger charge is -2.40. The third kappa shape index (κ3) is 2.14. The van der Waals surface area contributed by atoms with Crippen LogP contribution in [0, 0.1) is 0 Å². The van der Waals surface area contributed by atoms with E-state index in [4.69, 9.17) is 0 Å². The van der Waals surface area contributed by atoms with E-state index in [0.29, 0.717) is 18.9 Å². The van der Waals surface area contributed by atoms with Crippen molar-refractivity contribution in [1.29, 1.82) is 0 Å². The van der Waals surface area contributed by atoms with Crippen LogP contribution in [0.4, 0.5) is 14.5 Å². The molecular formula is C17H22F2N2O. The monoisotopic (exact) mass is 308 g/mol.